The Labute approximate surface area is 99.0 Å². The summed E-state index contributed by atoms with van der Waals surface area (Å²) in [6.07, 6.45) is 0.448. The van der Waals surface area contributed by atoms with Gasteiger partial charge in [0.05, 0.1) is 6.10 Å². The maximum absolute atomic E-state index is 13.0. The molecule has 1 nitrogen and oxygen atoms in total. The number of halogens is 3. The molecular weight excluding hydrogens is 234 g/mol. The van der Waals surface area contributed by atoms with Crippen molar-refractivity contribution < 1.29 is 13.9 Å². The third kappa shape index (κ3) is 3.42. The molecule has 1 unspecified atom stereocenters. The molecule has 0 heterocycles. The third-order valence-corrected chi connectivity index (χ3v) is 2.74. The minimum Gasteiger partial charge on any atom is -0.388 e. The van der Waals surface area contributed by atoms with Gasteiger partial charge in [-0.05, 0) is 30.9 Å². The maximum atomic E-state index is 13.0. The summed E-state index contributed by atoms with van der Waals surface area (Å²) in [6.45, 7) is 4.05. The molecule has 0 amide bonds. The minimum atomic E-state index is -0.996. The standard InChI is InChI=1S/C12H15ClF2O/c1-7(2)3-4-12(16)8-5-10(14)11(15)6-9(8)13/h5-7,12,16H,3-4H2,1-2H3. The molecule has 0 aliphatic rings. The predicted molar refractivity (Wildman–Crippen MR) is 60.4 cm³/mol. The lowest BCUT2D eigenvalue weighted by molar-refractivity contribution is 0.158. The summed E-state index contributed by atoms with van der Waals surface area (Å²) < 4.78 is 25.8. The zero-order valence-corrected chi connectivity index (χ0v) is 10.1. The normalized spacial score (nSPS) is 13.2. The van der Waals surface area contributed by atoms with Gasteiger partial charge in [0.1, 0.15) is 0 Å². The average Bonchev–Trinajstić information content (AvgIpc) is 2.20. The van der Waals surface area contributed by atoms with Crippen LogP contribution >= 0.6 is 11.6 Å². The van der Waals surface area contributed by atoms with E-state index in [-0.39, 0.29) is 10.6 Å². The predicted octanol–water partition coefficient (Wildman–Crippen LogP) is 4.09. The fraction of sp³-hybridized carbons (Fsp3) is 0.500. The first-order valence-electron chi connectivity index (χ1n) is 5.24. The van der Waals surface area contributed by atoms with E-state index in [1.54, 1.807) is 0 Å². The van der Waals surface area contributed by atoms with Gasteiger partial charge in [-0.2, -0.15) is 0 Å². The van der Waals surface area contributed by atoms with Gasteiger partial charge >= 0.3 is 0 Å². The fourth-order valence-electron chi connectivity index (χ4n) is 1.44. The molecule has 0 aromatic heterocycles. The molecule has 90 valence electrons. The summed E-state index contributed by atoms with van der Waals surface area (Å²) in [5, 5.41) is 9.86. The van der Waals surface area contributed by atoms with Gasteiger partial charge in [0, 0.05) is 10.6 Å². The molecule has 1 rings (SSSR count). The molecule has 1 atom stereocenters. The van der Waals surface area contributed by atoms with Crippen LogP contribution in [0.2, 0.25) is 5.02 Å². The topological polar surface area (TPSA) is 20.2 Å². The minimum absolute atomic E-state index is 0.0650. The highest BCUT2D eigenvalue weighted by Crippen LogP contribution is 2.29. The molecule has 0 radical (unpaired) electrons. The van der Waals surface area contributed by atoms with Gasteiger partial charge < -0.3 is 5.11 Å². The molecule has 1 N–H and O–H groups in total. The Morgan fingerprint density at radius 3 is 2.31 bits per heavy atom. The van der Waals surface area contributed by atoms with Crippen LogP contribution in [0.1, 0.15) is 38.4 Å². The summed E-state index contributed by atoms with van der Waals surface area (Å²) in [7, 11) is 0. The molecule has 4 heteroatoms. The lowest BCUT2D eigenvalue weighted by Crippen LogP contribution is -2.02. The summed E-state index contributed by atoms with van der Waals surface area (Å²) in [6, 6.07) is 1.85. The lowest BCUT2D eigenvalue weighted by atomic mass is 10.00. The second kappa shape index (κ2) is 5.60. The van der Waals surface area contributed by atoms with Gasteiger partial charge in [-0.25, -0.2) is 8.78 Å². The van der Waals surface area contributed by atoms with Gasteiger partial charge in [-0.1, -0.05) is 25.4 Å². The van der Waals surface area contributed by atoms with E-state index in [4.69, 9.17) is 11.6 Å². The fourth-order valence-corrected chi connectivity index (χ4v) is 1.72. The van der Waals surface area contributed by atoms with Gasteiger partial charge in [0.25, 0.3) is 0 Å². The Bertz CT molecular complexity index is 366. The van der Waals surface area contributed by atoms with Gasteiger partial charge in [0.15, 0.2) is 11.6 Å². The highest BCUT2D eigenvalue weighted by atomic mass is 35.5. The Kier molecular flexibility index (Phi) is 4.69. The zero-order chi connectivity index (χ0) is 12.3. The Morgan fingerprint density at radius 2 is 1.75 bits per heavy atom. The van der Waals surface area contributed by atoms with Crippen LogP contribution in [0, 0.1) is 17.6 Å². The molecule has 0 spiro atoms. The molecule has 0 saturated heterocycles. The first-order chi connectivity index (χ1) is 7.41. The summed E-state index contributed by atoms with van der Waals surface area (Å²) in [4.78, 5) is 0. The Balaban J connectivity index is 2.82. The van der Waals surface area contributed by atoms with E-state index in [1.165, 1.54) is 0 Å². The van der Waals surface area contributed by atoms with Gasteiger partial charge in [-0.15, -0.1) is 0 Å². The molecule has 0 saturated carbocycles. The van der Waals surface area contributed by atoms with E-state index in [1.807, 2.05) is 13.8 Å². The largest absolute Gasteiger partial charge is 0.388 e. The third-order valence-electron chi connectivity index (χ3n) is 2.42. The molecule has 0 bridgehead atoms. The van der Waals surface area contributed by atoms with Crippen molar-refractivity contribution in [3.63, 3.8) is 0 Å². The highest BCUT2D eigenvalue weighted by molar-refractivity contribution is 6.31. The van der Waals surface area contributed by atoms with Crippen molar-refractivity contribution in [2.75, 3.05) is 0 Å². The number of rotatable bonds is 4. The van der Waals surface area contributed by atoms with Crippen molar-refractivity contribution in [3.8, 4) is 0 Å². The van der Waals surface area contributed by atoms with E-state index in [0.29, 0.717) is 12.3 Å². The number of aliphatic hydroxyl groups is 1. The average molecular weight is 249 g/mol. The lowest BCUT2D eigenvalue weighted by Gasteiger charge is -2.14. The second-order valence-electron chi connectivity index (χ2n) is 4.27. The maximum Gasteiger partial charge on any atom is 0.160 e. The summed E-state index contributed by atoms with van der Waals surface area (Å²) in [5.41, 5.74) is 0.251. The molecular formula is C12H15ClF2O. The van der Waals surface area contributed by atoms with Crippen molar-refractivity contribution in [2.24, 2.45) is 5.92 Å². The van der Waals surface area contributed by atoms with Crippen LogP contribution in [0.3, 0.4) is 0 Å². The van der Waals surface area contributed by atoms with Crippen LogP contribution < -0.4 is 0 Å². The van der Waals surface area contributed by atoms with Crippen LogP contribution in [0.25, 0.3) is 0 Å². The number of aliphatic hydroxyl groups excluding tert-OH is 1. The summed E-state index contributed by atoms with van der Waals surface area (Å²) >= 11 is 5.75. The van der Waals surface area contributed by atoms with Crippen molar-refractivity contribution in [3.05, 3.63) is 34.4 Å². The van der Waals surface area contributed by atoms with E-state index < -0.39 is 17.7 Å². The second-order valence-corrected chi connectivity index (χ2v) is 4.68. The molecule has 1 aromatic carbocycles. The molecule has 0 aliphatic carbocycles. The van der Waals surface area contributed by atoms with Crippen LogP contribution in [-0.4, -0.2) is 5.11 Å². The van der Waals surface area contributed by atoms with Crippen molar-refractivity contribution in [1.82, 2.24) is 0 Å². The van der Waals surface area contributed by atoms with Crippen LogP contribution in [-0.2, 0) is 0 Å². The Morgan fingerprint density at radius 1 is 1.19 bits per heavy atom. The van der Waals surface area contributed by atoms with Crippen molar-refractivity contribution in [2.45, 2.75) is 32.8 Å². The number of benzene rings is 1. The van der Waals surface area contributed by atoms with Crippen molar-refractivity contribution in [1.29, 1.82) is 0 Å². The molecule has 0 fully saturated rings. The SMILES string of the molecule is CC(C)CCC(O)c1cc(F)c(F)cc1Cl. The first-order valence-corrected chi connectivity index (χ1v) is 5.62. The van der Waals surface area contributed by atoms with Crippen molar-refractivity contribution >= 4 is 11.6 Å². The van der Waals surface area contributed by atoms with E-state index in [2.05, 4.69) is 0 Å². The van der Waals surface area contributed by atoms with E-state index in [0.717, 1.165) is 18.6 Å². The molecule has 0 aliphatic heterocycles. The van der Waals surface area contributed by atoms with Crippen LogP contribution in [0.4, 0.5) is 8.78 Å². The molecule has 1 aromatic rings. The van der Waals surface area contributed by atoms with Crippen LogP contribution in [0.15, 0.2) is 12.1 Å². The number of hydrogen-bond donors (Lipinski definition) is 1. The monoisotopic (exact) mass is 248 g/mol. The van der Waals surface area contributed by atoms with Crippen LogP contribution in [0.5, 0.6) is 0 Å². The van der Waals surface area contributed by atoms with Gasteiger partial charge in [0.2, 0.25) is 0 Å². The smallest absolute Gasteiger partial charge is 0.160 e. The van der Waals surface area contributed by atoms with Gasteiger partial charge in [-0.3, -0.25) is 0 Å². The first kappa shape index (κ1) is 13.4. The highest BCUT2D eigenvalue weighted by Gasteiger charge is 2.15. The Hall–Kier alpha value is -0.670. The molecule has 16 heavy (non-hydrogen) atoms. The quantitative estimate of drug-likeness (QED) is 0.796. The van der Waals surface area contributed by atoms with E-state index in [9.17, 15) is 13.9 Å². The number of hydrogen-bond acceptors (Lipinski definition) is 1. The van der Waals surface area contributed by atoms with E-state index >= 15 is 0 Å². The summed E-state index contributed by atoms with van der Waals surface area (Å²) in [5.74, 6) is -1.54. The zero-order valence-electron chi connectivity index (χ0n) is 9.30.